The van der Waals surface area contributed by atoms with Crippen molar-refractivity contribution >= 4 is 28.6 Å². The SMILES string of the molecule is CN(C[C@H]1CCCN1c1cc(-c2cn(C(C3CC3)C3CC3)c(=O)c3c(N)n[nH]c23)nn1C)C(=O)OC(C)(C)C. The van der Waals surface area contributed by atoms with Gasteiger partial charge in [-0.3, -0.25) is 14.6 Å². The Morgan fingerprint density at radius 3 is 2.56 bits per heavy atom. The molecule has 3 N–H and O–H groups in total. The molecule has 1 atom stereocenters. The van der Waals surface area contributed by atoms with E-state index in [0.717, 1.165) is 36.5 Å². The van der Waals surface area contributed by atoms with Gasteiger partial charge in [-0.05, 0) is 71.1 Å². The predicted molar refractivity (Wildman–Crippen MR) is 151 cm³/mol. The quantitative estimate of drug-likeness (QED) is 0.469. The molecule has 3 aliphatic rings. The Morgan fingerprint density at radius 1 is 1.23 bits per heavy atom. The third kappa shape index (κ3) is 4.87. The lowest BCUT2D eigenvalue weighted by molar-refractivity contribution is 0.0290. The molecule has 0 aromatic carbocycles. The molecule has 1 aliphatic heterocycles. The molecule has 4 heterocycles. The van der Waals surface area contributed by atoms with Crippen LogP contribution in [0.5, 0.6) is 0 Å². The number of likely N-dealkylation sites (N-methyl/N-ethyl adjacent to an activating group) is 1. The zero-order chi connectivity index (χ0) is 27.6. The molecule has 11 nitrogen and oxygen atoms in total. The van der Waals surface area contributed by atoms with Crippen molar-refractivity contribution in [3.8, 4) is 11.3 Å². The van der Waals surface area contributed by atoms with Crippen LogP contribution in [0.3, 0.4) is 0 Å². The third-order valence-corrected chi connectivity index (χ3v) is 8.30. The number of aromatic amines is 1. The van der Waals surface area contributed by atoms with Gasteiger partial charge in [-0.25, -0.2) is 4.79 Å². The van der Waals surface area contributed by atoms with Gasteiger partial charge in [-0.2, -0.15) is 10.2 Å². The highest BCUT2D eigenvalue weighted by atomic mass is 16.6. The van der Waals surface area contributed by atoms with Gasteiger partial charge in [0.05, 0.1) is 11.2 Å². The number of amides is 1. The Hall–Kier alpha value is -3.50. The molecule has 39 heavy (non-hydrogen) atoms. The fourth-order valence-electron chi connectivity index (χ4n) is 6.20. The standard InChI is InChI=1S/C28H40N8O3/c1-28(2,3)39-27(38)33(4)14-18-7-6-12-35(18)21-13-20(32-34(21)5)19-15-36(24(16-8-9-16)17-10-11-17)26(37)22-23(19)30-31-25(22)29/h13,15-18,24H,6-12,14H2,1-5H3,(H3,29,30,31)/t18-/m1/s1. The van der Waals surface area contributed by atoms with Gasteiger partial charge < -0.3 is 24.8 Å². The van der Waals surface area contributed by atoms with Crippen LogP contribution in [0.2, 0.25) is 0 Å². The van der Waals surface area contributed by atoms with E-state index in [0.29, 0.717) is 29.3 Å². The number of anilines is 2. The van der Waals surface area contributed by atoms with Crippen molar-refractivity contribution in [1.82, 2.24) is 29.4 Å². The maximum atomic E-state index is 13.6. The summed E-state index contributed by atoms with van der Waals surface area (Å²) in [6, 6.07) is 2.44. The van der Waals surface area contributed by atoms with Crippen molar-refractivity contribution in [2.24, 2.45) is 18.9 Å². The van der Waals surface area contributed by atoms with E-state index in [-0.39, 0.29) is 29.6 Å². The molecule has 0 radical (unpaired) electrons. The van der Waals surface area contributed by atoms with Crippen molar-refractivity contribution < 1.29 is 9.53 Å². The summed E-state index contributed by atoms with van der Waals surface area (Å²) in [5.41, 5.74) is 7.84. The number of carbonyl (C=O) groups is 1. The number of hydrogen-bond donors (Lipinski definition) is 2. The summed E-state index contributed by atoms with van der Waals surface area (Å²) in [6.07, 6.45) is 8.35. The molecule has 3 aromatic rings. The minimum Gasteiger partial charge on any atom is -0.444 e. The molecule has 0 bridgehead atoms. The third-order valence-electron chi connectivity index (χ3n) is 8.30. The number of ether oxygens (including phenoxy) is 1. The molecule has 3 aromatic heterocycles. The van der Waals surface area contributed by atoms with E-state index in [4.69, 9.17) is 15.6 Å². The number of nitrogen functional groups attached to an aromatic ring is 1. The summed E-state index contributed by atoms with van der Waals surface area (Å²) in [7, 11) is 3.73. The summed E-state index contributed by atoms with van der Waals surface area (Å²) in [5, 5.41) is 12.6. The smallest absolute Gasteiger partial charge is 0.410 e. The van der Waals surface area contributed by atoms with E-state index < -0.39 is 5.60 Å². The lowest BCUT2D eigenvalue weighted by Crippen LogP contribution is -2.43. The van der Waals surface area contributed by atoms with Gasteiger partial charge in [0.2, 0.25) is 0 Å². The van der Waals surface area contributed by atoms with E-state index in [1.807, 2.05) is 43.3 Å². The largest absolute Gasteiger partial charge is 0.444 e. The molecule has 210 valence electrons. The fourth-order valence-corrected chi connectivity index (χ4v) is 6.20. The molecule has 11 heteroatoms. The van der Waals surface area contributed by atoms with Crippen LogP contribution in [-0.2, 0) is 11.8 Å². The number of aryl methyl sites for hydroxylation is 1. The van der Waals surface area contributed by atoms with Crippen LogP contribution in [0.1, 0.15) is 65.3 Å². The predicted octanol–water partition coefficient (Wildman–Crippen LogP) is 3.90. The normalized spacial score (nSPS) is 19.8. The molecule has 1 amide bonds. The Balaban J connectivity index is 1.33. The average molecular weight is 537 g/mol. The van der Waals surface area contributed by atoms with Crippen LogP contribution in [-0.4, -0.2) is 67.3 Å². The first-order valence-corrected chi connectivity index (χ1v) is 14.2. The van der Waals surface area contributed by atoms with Gasteiger partial charge in [0, 0.05) is 57.1 Å². The summed E-state index contributed by atoms with van der Waals surface area (Å²) in [5.74, 6) is 2.32. The maximum absolute atomic E-state index is 13.6. The van der Waals surface area contributed by atoms with Gasteiger partial charge in [0.1, 0.15) is 16.8 Å². The highest BCUT2D eigenvalue weighted by molar-refractivity contribution is 5.97. The number of H-pyrrole nitrogens is 1. The first-order chi connectivity index (χ1) is 18.5. The van der Waals surface area contributed by atoms with Gasteiger partial charge in [-0.15, -0.1) is 0 Å². The molecule has 0 spiro atoms. The molecule has 0 unspecified atom stereocenters. The number of pyridine rings is 1. The van der Waals surface area contributed by atoms with E-state index in [9.17, 15) is 9.59 Å². The number of nitrogens with zero attached hydrogens (tertiary/aromatic N) is 6. The number of carbonyl (C=O) groups excluding carboxylic acids is 1. The maximum Gasteiger partial charge on any atom is 0.410 e. The van der Waals surface area contributed by atoms with Crippen LogP contribution in [0, 0.1) is 11.8 Å². The van der Waals surface area contributed by atoms with Crippen LogP contribution in [0.4, 0.5) is 16.4 Å². The molecule has 1 saturated heterocycles. The highest BCUT2D eigenvalue weighted by Crippen LogP contribution is 2.52. The number of fused-ring (bicyclic) bond motifs is 1. The first-order valence-electron chi connectivity index (χ1n) is 14.2. The zero-order valence-electron chi connectivity index (χ0n) is 23.6. The lowest BCUT2D eigenvalue weighted by atomic mass is 10.0. The topological polar surface area (TPSA) is 127 Å². The summed E-state index contributed by atoms with van der Waals surface area (Å²) >= 11 is 0. The molecule has 2 saturated carbocycles. The van der Waals surface area contributed by atoms with E-state index in [2.05, 4.69) is 21.2 Å². The molecular weight excluding hydrogens is 496 g/mol. The van der Waals surface area contributed by atoms with Crippen molar-refractivity contribution in [1.29, 1.82) is 0 Å². The second-order valence-corrected chi connectivity index (χ2v) is 12.6. The van der Waals surface area contributed by atoms with Crippen molar-refractivity contribution in [3.63, 3.8) is 0 Å². The second-order valence-electron chi connectivity index (χ2n) is 12.6. The molecule has 2 aliphatic carbocycles. The number of hydrogen-bond acceptors (Lipinski definition) is 7. The monoisotopic (exact) mass is 536 g/mol. The van der Waals surface area contributed by atoms with E-state index in [1.54, 1.807) is 11.9 Å². The van der Waals surface area contributed by atoms with Gasteiger partial charge in [0.15, 0.2) is 5.82 Å². The lowest BCUT2D eigenvalue weighted by Gasteiger charge is -2.31. The minimum absolute atomic E-state index is 0.0651. The second kappa shape index (κ2) is 9.31. The van der Waals surface area contributed by atoms with E-state index >= 15 is 0 Å². The number of nitrogens with one attached hydrogen (secondary N) is 1. The summed E-state index contributed by atoms with van der Waals surface area (Å²) < 4.78 is 9.39. The van der Waals surface area contributed by atoms with Gasteiger partial charge in [0.25, 0.3) is 5.56 Å². The van der Waals surface area contributed by atoms with Crippen LogP contribution < -0.4 is 16.2 Å². The van der Waals surface area contributed by atoms with Crippen LogP contribution in [0.25, 0.3) is 22.2 Å². The van der Waals surface area contributed by atoms with Crippen molar-refractivity contribution in [3.05, 3.63) is 22.6 Å². The fraction of sp³-hybridized carbons (Fsp3) is 0.643. The number of rotatable bonds is 7. The zero-order valence-corrected chi connectivity index (χ0v) is 23.6. The number of nitrogens with two attached hydrogens (primary N) is 1. The average Bonchev–Trinajstić information content (AvgIpc) is 3.76. The number of aromatic nitrogens is 5. The van der Waals surface area contributed by atoms with Crippen LogP contribution in [0.15, 0.2) is 17.1 Å². The van der Waals surface area contributed by atoms with Gasteiger partial charge >= 0.3 is 6.09 Å². The summed E-state index contributed by atoms with van der Waals surface area (Å²) in [6.45, 7) is 7.07. The van der Waals surface area contributed by atoms with Gasteiger partial charge in [-0.1, -0.05) is 0 Å². The Labute approximate surface area is 228 Å². The van der Waals surface area contributed by atoms with Crippen LogP contribution >= 0.6 is 0 Å². The summed E-state index contributed by atoms with van der Waals surface area (Å²) in [4.78, 5) is 30.2. The first kappa shape index (κ1) is 25.8. The Bertz CT molecular complexity index is 1440. The highest BCUT2D eigenvalue weighted by Gasteiger charge is 2.43. The molecule has 3 fully saturated rings. The molecular formula is C28H40N8O3. The molecule has 6 rings (SSSR count). The Kier molecular flexibility index (Phi) is 6.15. The van der Waals surface area contributed by atoms with Crippen molar-refractivity contribution in [2.75, 3.05) is 30.8 Å². The van der Waals surface area contributed by atoms with Crippen molar-refractivity contribution in [2.45, 2.75) is 77.0 Å². The minimum atomic E-state index is -0.534. The van der Waals surface area contributed by atoms with E-state index in [1.165, 1.54) is 25.7 Å². The Morgan fingerprint density at radius 2 is 1.92 bits per heavy atom.